The van der Waals surface area contributed by atoms with Crippen molar-refractivity contribution >= 4 is 35.0 Å². The van der Waals surface area contributed by atoms with Gasteiger partial charge in [0.2, 0.25) is 11.8 Å². The lowest BCUT2D eigenvalue weighted by Crippen LogP contribution is -2.47. The number of hydrogen-bond donors (Lipinski definition) is 2. The highest BCUT2D eigenvalue weighted by atomic mass is 35.5. The Bertz CT molecular complexity index is 826. The van der Waals surface area contributed by atoms with Crippen LogP contribution in [0.15, 0.2) is 41.0 Å². The highest BCUT2D eigenvalue weighted by Gasteiger charge is 2.32. The molecule has 0 spiro atoms. The fourth-order valence-corrected chi connectivity index (χ4v) is 3.99. The van der Waals surface area contributed by atoms with Crippen LogP contribution in [0.3, 0.4) is 0 Å². The summed E-state index contributed by atoms with van der Waals surface area (Å²) in [4.78, 5) is 26.9. The first-order valence-electron chi connectivity index (χ1n) is 9.22. The zero-order chi connectivity index (χ0) is 20.1. The summed E-state index contributed by atoms with van der Waals surface area (Å²) in [7, 11) is 0. The van der Waals surface area contributed by atoms with Crippen LogP contribution in [-0.4, -0.2) is 35.8 Å². The van der Waals surface area contributed by atoms with E-state index in [1.165, 1.54) is 0 Å². The largest absolute Gasteiger partial charge is 0.467 e. The third-order valence-corrected chi connectivity index (χ3v) is 5.40. The van der Waals surface area contributed by atoms with Gasteiger partial charge in [0.1, 0.15) is 5.76 Å². The number of rotatable bonds is 7. The molecule has 1 saturated heterocycles. The molecule has 1 aromatic carbocycles. The van der Waals surface area contributed by atoms with Crippen molar-refractivity contribution in [1.82, 2.24) is 15.5 Å². The molecule has 0 aliphatic carbocycles. The van der Waals surface area contributed by atoms with Gasteiger partial charge in [0, 0.05) is 10.0 Å². The van der Waals surface area contributed by atoms with Gasteiger partial charge in [-0.3, -0.25) is 14.5 Å². The normalized spacial score (nSPS) is 18.0. The molecule has 2 heterocycles. The molecule has 0 saturated carbocycles. The van der Waals surface area contributed by atoms with Crippen LogP contribution in [0.25, 0.3) is 0 Å². The zero-order valence-electron chi connectivity index (χ0n) is 15.6. The van der Waals surface area contributed by atoms with E-state index >= 15 is 0 Å². The number of benzene rings is 1. The van der Waals surface area contributed by atoms with Gasteiger partial charge in [-0.25, -0.2) is 0 Å². The lowest BCUT2D eigenvalue weighted by Gasteiger charge is -2.24. The number of hydrogen-bond acceptors (Lipinski definition) is 4. The summed E-state index contributed by atoms with van der Waals surface area (Å²) in [6.45, 7) is 3.08. The van der Waals surface area contributed by atoms with E-state index in [0.29, 0.717) is 28.9 Å². The quantitative estimate of drug-likeness (QED) is 0.713. The second kappa shape index (κ2) is 9.45. The van der Waals surface area contributed by atoms with Gasteiger partial charge in [0.05, 0.1) is 31.4 Å². The standard InChI is InChI=1S/C20H23Cl2N3O3/c1-13(16-7-6-14(21)10-17(16)22)24-19(26)12-25-8-2-5-18(25)20(27)23-11-15-4-3-9-28-15/h3-4,6-7,9-10,13,18H,2,5,8,11-12H2,1H3,(H,23,27)(H,24,26). The molecule has 3 rings (SSSR count). The molecule has 1 aromatic heterocycles. The van der Waals surface area contributed by atoms with E-state index in [1.807, 2.05) is 17.9 Å². The van der Waals surface area contributed by atoms with Crippen LogP contribution in [-0.2, 0) is 16.1 Å². The minimum Gasteiger partial charge on any atom is -0.467 e. The van der Waals surface area contributed by atoms with Gasteiger partial charge in [-0.05, 0) is 56.1 Å². The lowest BCUT2D eigenvalue weighted by molar-refractivity contribution is -0.128. The number of amides is 2. The summed E-state index contributed by atoms with van der Waals surface area (Å²) in [6, 6.07) is 8.22. The van der Waals surface area contributed by atoms with Crippen LogP contribution < -0.4 is 10.6 Å². The van der Waals surface area contributed by atoms with Gasteiger partial charge >= 0.3 is 0 Å². The third kappa shape index (κ3) is 5.28. The maximum absolute atomic E-state index is 12.5. The van der Waals surface area contributed by atoms with Crippen molar-refractivity contribution in [2.45, 2.75) is 38.4 Å². The molecule has 1 aliphatic rings. The van der Waals surface area contributed by atoms with E-state index in [0.717, 1.165) is 18.4 Å². The van der Waals surface area contributed by atoms with Gasteiger partial charge in [0.15, 0.2) is 0 Å². The Balaban J connectivity index is 1.52. The molecule has 2 aromatic rings. The molecule has 28 heavy (non-hydrogen) atoms. The Morgan fingerprint density at radius 1 is 1.32 bits per heavy atom. The topological polar surface area (TPSA) is 74.6 Å². The van der Waals surface area contributed by atoms with Crippen LogP contribution >= 0.6 is 23.2 Å². The van der Waals surface area contributed by atoms with E-state index in [-0.39, 0.29) is 30.4 Å². The average molecular weight is 424 g/mol. The molecular formula is C20H23Cl2N3O3. The Morgan fingerprint density at radius 2 is 2.14 bits per heavy atom. The molecule has 8 heteroatoms. The monoisotopic (exact) mass is 423 g/mol. The van der Waals surface area contributed by atoms with Crippen molar-refractivity contribution in [3.05, 3.63) is 58.0 Å². The average Bonchev–Trinajstić information content (AvgIpc) is 3.31. The molecule has 0 bridgehead atoms. The minimum atomic E-state index is -0.310. The van der Waals surface area contributed by atoms with Crippen LogP contribution in [0.1, 0.15) is 37.1 Å². The maximum Gasteiger partial charge on any atom is 0.237 e. The molecular weight excluding hydrogens is 401 g/mol. The molecule has 150 valence electrons. The minimum absolute atomic E-state index is 0.0875. The van der Waals surface area contributed by atoms with Crippen molar-refractivity contribution in [3.63, 3.8) is 0 Å². The summed E-state index contributed by atoms with van der Waals surface area (Å²) >= 11 is 12.1. The number of nitrogens with one attached hydrogen (secondary N) is 2. The smallest absolute Gasteiger partial charge is 0.237 e. The van der Waals surface area contributed by atoms with E-state index in [9.17, 15) is 9.59 Å². The Hall–Kier alpha value is -2.02. The Kier molecular flexibility index (Phi) is 6.99. The predicted octanol–water partition coefficient (Wildman–Crippen LogP) is 3.54. The number of carbonyl (C=O) groups is 2. The van der Waals surface area contributed by atoms with E-state index in [2.05, 4.69) is 10.6 Å². The first-order valence-corrected chi connectivity index (χ1v) is 9.98. The van der Waals surface area contributed by atoms with E-state index in [1.54, 1.807) is 30.5 Å². The lowest BCUT2D eigenvalue weighted by atomic mass is 10.1. The number of likely N-dealkylation sites (tertiary alicyclic amines) is 1. The van der Waals surface area contributed by atoms with E-state index in [4.69, 9.17) is 27.6 Å². The van der Waals surface area contributed by atoms with Gasteiger partial charge in [0.25, 0.3) is 0 Å². The number of halogens is 2. The van der Waals surface area contributed by atoms with Crippen molar-refractivity contribution in [2.24, 2.45) is 0 Å². The molecule has 6 nitrogen and oxygen atoms in total. The molecule has 2 N–H and O–H groups in total. The van der Waals surface area contributed by atoms with Gasteiger partial charge < -0.3 is 15.1 Å². The molecule has 0 radical (unpaired) electrons. The SMILES string of the molecule is CC(NC(=O)CN1CCCC1C(=O)NCc1ccco1)c1ccc(Cl)cc1Cl. The molecule has 2 atom stereocenters. The van der Waals surface area contributed by atoms with Gasteiger partial charge in [-0.15, -0.1) is 0 Å². The highest BCUT2D eigenvalue weighted by molar-refractivity contribution is 6.35. The van der Waals surface area contributed by atoms with Crippen LogP contribution in [0.5, 0.6) is 0 Å². The first-order chi connectivity index (χ1) is 13.4. The second-order valence-corrected chi connectivity index (χ2v) is 7.72. The van der Waals surface area contributed by atoms with Gasteiger partial charge in [-0.2, -0.15) is 0 Å². The van der Waals surface area contributed by atoms with Gasteiger partial charge in [-0.1, -0.05) is 29.3 Å². The maximum atomic E-state index is 12.5. The van der Waals surface area contributed by atoms with Crippen LogP contribution in [0, 0.1) is 0 Å². The summed E-state index contributed by atoms with van der Waals surface area (Å²) in [5.41, 5.74) is 0.800. The highest BCUT2D eigenvalue weighted by Crippen LogP contribution is 2.26. The molecule has 1 aliphatic heterocycles. The second-order valence-electron chi connectivity index (χ2n) is 6.88. The molecule has 1 fully saturated rings. The number of nitrogens with zero attached hydrogens (tertiary/aromatic N) is 1. The zero-order valence-corrected chi connectivity index (χ0v) is 17.1. The Labute approximate surface area is 174 Å². The predicted molar refractivity (Wildman–Crippen MR) is 108 cm³/mol. The van der Waals surface area contributed by atoms with Crippen molar-refractivity contribution in [2.75, 3.05) is 13.1 Å². The summed E-state index contributed by atoms with van der Waals surface area (Å²) < 4.78 is 5.23. The fourth-order valence-electron chi connectivity index (χ4n) is 3.42. The molecule has 2 amide bonds. The Morgan fingerprint density at radius 3 is 2.86 bits per heavy atom. The third-order valence-electron chi connectivity index (χ3n) is 4.84. The number of carbonyl (C=O) groups excluding carboxylic acids is 2. The summed E-state index contributed by atoms with van der Waals surface area (Å²) in [5, 5.41) is 6.88. The summed E-state index contributed by atoms with van der Waals surface area (Å²) in [5.74, 6) is 0.462. The van der Waals surface area contributed by atoms with E-state index < -0.39 is 0 Å². The van der Waals surface area contributed by atoms with Crippen molar-refractivity contribution in [3.8, 4) is 0 Å². The summed E-state index contributed by atoms with van der Waals surface area (Å²) in [6.07, 6.45) is 3.18. The van der Waals surface area contributed by atoms with Crippen molar-refractivity contribution in [1.29, 1.82) is 0 Å². The molecule has 2 unspecified atom stereocenters. The number of furan rings is 1. The van der Waals surface area contributed by atoms with Crippen LogP contribution in [0.2, 0.25) is 10.0 Å². The fraction of sp³-hybridized carbons (Fsp3) is 0.400. The van der Waals surface area contributed by atoms with Crippen molar-refractivity contribution < 1.29 is 14.0 Å². The first kappa shape index (κ1) is 20.7. The van der Waals surface area contributed by atoms with Crippen LogP contribution in [0.4, 0.5) is 0 Å².